The van der Waals surface area contributed by atoms with Crippen molar-refractivity contribution in [3.05, 3.63) is 42.7 Å². The molecule has 0 spiro atoms. The van der Waals surface area contributed by atoms with Crippen LogP contribution in [-0.4, -0.2) is 53.8 Å². The molecule has 1 unspecified atom stereocenters. The predicted molar refractivity (Wildman–Crippen MR) is 89.1 cm³/mol. The molecule has 2 rings (SSSR count). The van der Waals surface area contributed by atoms with Gasteiger partial charge in [-0.15, -0.1) is 0 Å². The summed E-state index contributed by atoms with van der Waals surface area (Å²) in [6.07, 6.45) is 5.90. The third-order valence-corrected chi connectivity index (χ3v) is 3.92. The Labute approximate surface area is 141 Å². The number of pyridine rings is 1. The van der Waals surface area contributed by atoms with Crippen LogP contribution in [-0.2, 0) is 9.59 Å². The van der Waals surface area contributed by atoms with Crippen molar-refractivity contribution in [2.75, 3.05) is 26.2 Å². The molecule has 1 aromatic heterocycles. The van der Waals surface area contributed by atoms with Crippen LogP contribution in [0.4, 0.5) is 0 Å². The summed E-state index contributed by atoms with van der Waals surface area (Å²) in [5.74, 6) is -0.654. The lowest BCUT2D eigenvalue weighted by Crippen LogP contribution is -2.46. The van der Waals surface area contributed by atoms with Crippen LogP contribution < -0.4 is 10.6 Å². The largest absolute Gasteiger partial charge is 0.354 e. The van der Waals surface area contributed by atoms with Crippen molar-refractivity contribution in [2.24, 2.45) is 5.92 Å². The van der Waals surface area contributed by atoms with Gasteiger partial charge in [0.15, 0.2) is 0 Å². The molecule has 1 aliphatic rings. The fraction of sp³-hybridized carbons (Fsp3) is 0.412. The van der Waals surface area contributed by atoms with E-state index < -0.39 is 0 Å². The van der Waals surface area contributed by atoms with E-state index in [4.69, 9.17) is 0 Å². The minimum Gasteiger partial charge on any atom is -0.354 e. The number of carbonyl (C=O) groups excluding carboxylic acids is 3. The first kappa shape index (κ1) is 17.7. The number of rotatable bonds is 6. The molecule has 0 radical (unpaired) electrons. The van der Waals surface area contributed by atoms with Gasteiger partial charge in [-0.3, -0.25) is 19.4 Å². The Kier molecular flexibility index (Phi) is 6.48. The van der Waals surface area contributed by atoms with Crippen LogP contribution in [0.2, 0.25) is 0 Å². The molecule has 1 aromatic rings. The van der Waals surface area contributed by atoms with Crippen molar-refractivity contribution in [3.8, 4) is 0 Å². The second kappa shape index (κ2) is 8.81. The maximum Gasteiger partial charge on any atom is 0.253 e. The third kappa shape index (κ3) is 4.91. The second-order valence-electron chi connectivity index (χ2n) is 5.61. The van der Waals surface area contributed by atoms with Crippen molar-refractivity contribution in [3.63, 3.8) is 0 Å². The Morgan fingerprint density at radius 1 is 1.25 bits per heavy atom. The van der Waals surface area contributed by atoms with Crippen LogP contribution in [0.3, 0.4) is 0 Å². The molecule has 7 heteroatoms. The fourth-order valence-corrected chi connectivity index (χ4v) is 2.64. The van der Waals surface area contributed by atoms with E-state index >= 15 is 0 Å². The lowest BCUT2D eigenvalue weighted by Gasteiger charge is -2.32. The van der Waals surface area contributed by atoms with E-state index in [0.717, 1.165) is 12.8 Å². The first-order chi connectivity index (χ1) is 11.6. The summed E-state index contributed by atoms with van der Waals surface area (Å²) in [5, 5.41) is 5.39. The fourth-order valence-electron chi connectivity index (χ4n) is 2.64. The molecular weight excluding hydrogens is 308 g/mol. The van der Waals surface area contributed by atoms with Gasteiger partial charge in [0.1, 0.15) is 0 Å². The van der Waals surface area contributed by atoms with E-state index in [0.29, 0.717) is 31.7 Å². The molecule has 0 bridgehead atoms. The molecule has 2 heterocycles. The van der Waals surface area contributed by atoms with Gasteiger partial charge in [-0.05, 0) is 31.1 Å². The maximum absolute atomic E-state index is 12.4. The molecule has 1 saturated heterocycles. The Morgan fingerprint density at radius 2 is 1.96 bits per heavy atom. The summed E-state index contributed by atoms with van der Waals surface area (Å²) < 4.78 is 0. The molecule has 2 N–H and O–H groups in total. The van der Waals surface area contributed by atoms with Gasteiger partial charge in [0, 0.05) is 44.1 Å². The monoisotopic (exact) mass is 330 g/mol. The number of likely N-dealkylation sites (tertiary alicyclic amines) is 1. The molecule has 7 nitrogen and oxygen atoms in total. The molecule has 0 saturated carbocycles. The van der Waals surface area contributed by atoms with Crippen molar-refractivity contribution in [1.29, 1.82) is 0 Å². The zero-order chi connectivity index (χ0) is 17.4. The third-order valence-electron chi connectivity index (χ3n) is 3.92. The van der Waals surface area contributed by atoms with Crippen LogP contribution in [0.1, 0.15) is 23.2 Å². The minimum atomic E-state index is -0.268. The van der Waals surface area contributed by atoms with E-state index in [1.807, 2.05) is 0 Å². The lowest BCUT2D eigenvalue weighted by atomic mass is 9.96. The van der Waals surface area contributed by atoms with Gasteiger partial charge in [0.05, 0.1) is 5.92 Å². The molecular formula is C17H22N4O3. The summed E-state index contributed by atoms with van der Waals surface area (Å²) in [5.41, 5.74) is 0.582. The molecule has 1 aliphatic heterocycles. The normalized spacial score (nSPS) is 17.0. The highest BCUT2D eigenvalue weighted by Crippen LogP contribution is 2.18. The van der Waals surface area contributed by atoms with Crippen LogP contribution in [0, 0.1) is 5.92 Å². The first-order valence-electron chi connectivity index (χ1n) is 7.99. The van der Waals surface area contributed by atoms with Gasteiger partial charge < -0.3 is 15.5 Å². The molecule has 0 aliphatic carbocycles. The highest BCUT2D eigenvalue weighted by Gasteiger charge is 2.28. The Hall–Kier alpha value is -2.70. The summed E-state index contributed by atoms with van der Waals surface area (Å²) in [7, 11) is 0. The van der Waals surface area contributed by atoms with Gasteiger partial charge in [0.25, 0.3) is 5.91 Å². The number of amides is 3. The average molecular weight is 330 g/mol. The number of nitrogens with zero attached hydrogens (tertiary/aromatic N) is 2. The summed E-state index contributed by atoms with van der Waals surface area (Å²) in [4.78, 5) is 41.3. The van der Waals surface area contributed by atoms with Gasteiger partial charge >= 0.3 is 0 Å². The first-order valence-corrected chi connectivity index (χ1v) is 7.99. The zero-order valence-corrected chi connectivity index (χ0v) is 13.5. The maximum atomic E-state index is 12.4. The van der Waals surface area contributed by atoms with Crippen LogP contribution >= 0.6 is 0 Å². The Morgan fingerprint density at radius 3 is 2.67 bits per heavy atom. The van der Waals surface area contributed by atoms with E-state index in [2.05, 4.69) is 22.2 Å². The van der Waals surface area contributed by atoms with E-state index in [-0.39, 0.29) is 23.6 Å². The van der Waals surface area contributed by atoms with E-state index in [9.17, 15) is 14.4 Å². The number of piperidine rings is 1. The predicted octanol–water partition coefficient (Wildman–Crippen LogP) is 0.352. The Bertz CT molecular complexity index is 603. The number of nitrogens with one attached hydrogen (secondary N) is 2. The number of aromatic nitrogens is 1. The van der Waals surface area contributed by atoms with Gasteiger partial charge in [-0.1, -0.05) is 6.58 Å². The van der Waals surface area contributed by atoms with Crippen molar-refractivity contribution < 1.29 is 14.4 Å². The number of hydrogen-bond donors (Lipinski definition) is 2. The average Bonchev–Trinajstić information content (AvgIpc) is 2.65. The lowest BCUT2D eigenvalue weighted by molar-refractivity contribution is -0.126. The Balaban J connectivity index is 1.81. The quantitative estimate of drug-likeness (QED) is 0.582. The van der Waals surface area contributed by atoms with E-state index in [1.54, 1.807) is 29.4 Å². The molecule has 3 amide bonds. The second-order valence-corrected chi connectivity index (χ2v) is 5.61. The molecule has 0 aromatic carbocycles. The van der Waals surface area contributed by atoms with Crippen LogP contribution in [0.25, 0.3) is 0 Å². The standard InChI is InChI=1S/C17H22N4O3/c1-2-15(22)19-9-10-20-16(23)14-4-3-11-21(12-14)17(24)13-5-7-18-8-6-13/h2,5-8,14H,1,3-4,9-12H2,(H,19,22)(H,20,23). The number of hydrogen-bond acceptors (Lipinski definition) is 4. The van der Waals surface area contributed by atoms with Crippen molar-refractivity contribution in [2.45, 2.75) is 12.8 Å². The number of carbonyl (C=O) groups is 3. The SMILES string of the molecule is C=CC(=O)NCCNC(=O)C1CCCN(C(=O)c2ccncc2)C1. The van der Waals surface area contributed by atoms with Crippen LogP contribution in [0.5, 0.6) is 0 Å². The zero-order valence-electron chi connectivity index (χ0n) is 13.5. The smallest absolute Gasteiger partial charge is 0.253 e. The van der Waals surface area contributed by atoms with E-state index in [1.165, 1.54) is 6.08 Å². The summed E-state index contributed by atoms with van der Waals surface area (Å²) in [6.45, 7) is 5.12. The summed E-state index contributed by atoms with van der Waals surface area (Å²) in [6, 6.07) is 3.35. The topological polar surface area (TPSA) is 91.4 Å². The molecule has 1 atom stereocenters. The highest BCUT2D eigenvalue weighted by molar-refractivity contribution is 5.94. The molecule has 1 fully saturated rings. The highest BCUT2D eigenvalue weighted by atomic mass is 16.2. The van der Waals surface area contributed by atoms with Gasteiger partial charge in [-0.2, -0.15) is 0 Å². The molecule has 24 heavy (non-hydrogen) atoms. The van der Waals surface area contributed by atoms with Crippen LogP contribution in [0.15, 0.2) is 37.2 Å². The molecule has 128 valence electrons. The van der Waals surface area contributed by atoms with Gasteiger partial charge in [0.2, 0.25) is 11.8 Å². The summed E-state index contributed by atoms with van der Waals surface area (Å²) >= 11 is 0. The minimum absolute atomic E-state index is 0.0758. The van der Waals surface area contributed by atoms with Crippen molar-refractivity contribution >= 4 is 17.7 Å². The van der Waals surface area contributed by atoms with Crippen molar-refractivity contribution in [1.82, 2.24) is 20.5 Å². The van der Waals surface area contributed by atoms with Gasteiger partial charge in [-0.25, -0.2) is 0 Å².